The smallest absolute Gasteiger partial charge is 0.344 e. The summed E-state index contributed by atoms with van der Waals surface area (Å²) in [6.45, 7) is 0. The molecule has 0 atom stereocenters. The molecule has 0 fully saturated rings. The summed E-state index contributed by atoms with van der Waals surface area (Å²) in [6.07, 6.45) is 0. The third kappa shape index (κ3) is 1.76. The molecular formula is C15H11NO2. The van der Waals surface area contributed by atoms with Gasteiger partial charge in [-0.3, -0.25) is 0 Å². The Morgan fingerprint density at radius 3 is 2.50 bits per heavy atom. The summed E-state index contributed by atoms with van der Waals surface area (Å²) in [4.78, 5) is 11.9. The van der Waals surface area contributed by atoms with E-state index < -0.39 is 0 Å². The van der Waals surface area contributed by atoms with Crippen LogP contribution in [0.3, 0.4) is 0 Å². The monoisotopic (exact) mass is 237 g/mol. The van der Waals surface area contributed by atoms with E-state index in [0.717, 1.165) is 10.9 Å². The van der Waals surface area contributed by atoms with E-state index in [1.807, 2.05) is 42.5 Å². The second kappa shape index (κ2) is 4.04. The van der Waals surface area contributed by atoms with Gasteiger partial charge in [-0.2, -0.15) is 0 Å². The van der Waals surface area contributed by atoms with Crippen LogP contribution in [0.5, 0.6) is 0 Å². The summed E-state index contributed by atoms with van der Waals surface area (Å²) in [5.41, 5.74) is 7.82. The average Bonchev–Trinajstić information content (AvgIpc) is 2.39. The lowest BCUT2D eigenvalue weighted by atomic mass is 10.1. The lowest BCUT2D eigenvalue weighted by Crippen LogP contribution is -2.02. The molecule has 1 heterocycles. The molecule has 88 valence electrons. The van der Waals surface area contributed by atoms with E-state index in [1.54, 1.807) is 12.1 Å². The van der Waals surface area contributed by atoms with E-state index >= 15 is 0 Å². The second-order valence-corrected chi connectivity index (χ2v) is 4.11. The highest BCUT2D eigenvalue weighted by molar-refractivity contribution is 5.83. The zero-order chi connectivity index (χ0) is 12.5. The van der Waals surface area contributed by atoms with E-state index in [9.17, 15) is 4.79 Å². The van der Waals surface area contributed by atoms with E-state index in [0.29, 0.717) is 16.8 Å². The van der Waals surface area contributed by atoms with E-state index in [4.69, 9.17) is 10.2 Å². The number of fused-ring (bicyclic) bond motifs is 1. The van der Waals surface area contributed by atoms with Gasteiger partial charge in [0.05, 0.1) is 5.56 Å². The molecule has 0 amide bonds. The lowest BCUT2D eigenvalue weighted by Gasteiger charge is -2.02. The molecule has 18 heavy (non-hydrogen) atoms. The fourth-order valence-electron chi connectivity index (χ4n) is 1.95. The number of rotatable bonds is 1. The van der Waals surface area contributed by atoms with Gasteiger partial charge in [-0.05, 0) is 23.8 Å². The first-order valence-electron chi connectivity index (χ1n) is 5.63. The summed E-state index contributed by atoms with van der Waals surface area (Å²) in [5.74, 6) is 0. The van der Waals surface area contributed by atoms with Gasteiger partial charge in [0.15, 0.2) is 0 Å². The minimum Gasteiger partial charge on any atom is -0.422 e. The van der Waals surface area contributed by atoms with Gasteiger partial charge in [0, 0.05) is 17.1 Å². The van der Waals surface area contributed by atoms with Gasteiger partial charge >= 0.3 is 5.63 Å². The predicted molar refractivity (Wildman–Crippen MR) is 72.3 cm³/mol. The van der Waals surface area contributed by atoms with Crippen molar-refractivity contribution in [3.8, 4) is 11.1 Å². The molecule has 0 saturated carbocycles. The quantitative estimate of drug-likeness (QED) is 0.522. The Morgan fingerprint density at radius 2 is 1.72 bits per heavy atom. The highest BCUT2D eigenvalue weighted by Crippen LogP contribution is 2.22. The Hall–Kier alpha value is -2.55. The topological polar surface area (TPSA) is 56.2 Å². The Morgan fingerprint density at radius 1 is 0.944 bits per heavy atom. The molecule has 1 aromatic heterocycles. The molecule has 3 aromatic rings. The number of hydrogen-bond acceptors (Lipinski definition) is 3. The summed E-state index contributed by atoms with van der Waals surface area (Å²) < 4.78 is 5.29. The first-order chi connectivity index (χ1) is 8.74. The molecule has 0 aliphatic heterocycles. The van der Waals surface area contributed by atoms with Crippen molar-refractivity contribution in [2.24, 2.45) is 0 Å². The van der Waals surface area contributed by atoms with Crippen molar-refractivity contribution < 1.29 is 4.42 Å². The Balaban J connectivity index is 2.29. The molecule has 0 radical (unpaired) electrons. The summed E-state index contributed by atoms with van der Waals surface area (Å²) in [6, 6.07) is 16.6. The fourth-order valence-corrected chi connectivity index (χ4v) is 1.95. The minimum absolute atomic E-state index is 0.348. The van der Waals surface area contributed by atoms with Crippen molar-refractivity contribution in [2.45, 2.75) is 0 Å². The molecule has 3 heteroatoms. The highest BCUT2D eigenvalue weighted by Gasteiger charge is 2.07. The zero-order valence-electron chi connectivity index (χ0n) is 9.59. The maximum Gasteiger partial charge on any atom is 0.344 e. The number of benzene rings is 2. The van der Waals surface area contributed by atoms with Gasteiger partial charge in [0.2, 0.25) is 0 Å². The lowest BCUT2D eigenvalue weighted by molar-refractivity contribution is 0.563. The zero-order valence-corrected chi connectivity index (χ0v) is 9.59. The Bertz CT molecular complexity index is 760. The third-order valence-corrected chi connectivity index (χ3v) is 2.84. The molecule has 0 bridgehead atoms. The predicted octanol–water partition coefficient (Wildman–Crippen LogP) is 3.04. The van der Waals surface area contributed by atoms with Crippen LogP contribution in [0, 0.1) is 0 Å². The first kappa shape index (κ1) is 10.6. The summed E-state index contributed by atoms with van der Waals surface area (Å²) in [7, 11) is 0. The average molecular weight is 237 g/mol. The van der Waals surface area contributed by atoms with Crippen LogP contribution in [0.1, 0.15) is 0 Å². The van der Waals surface area contributed by atoms with E-state index in [-0.39, 0.29) is 5.63 Å². The van der Waals surface area contributed by atoms with Gasteiger partial charge in [-0.25, -0.2) is 4.79 Å². The van der Waals surface area contributed by atoms with Gasteiger partial charge in [-0.15, -0.1) is 0 Å². The first-order valence-corrected chi connectivity index (χ1v) is 5.63. The molecule has 0 aliphatic rings. The molecular weight excluding hydrogens is 226 g/mol. The van der Waals surface area contributed by atoms with Crippen LogP contribution in [0.25, 0.3) is 22.1 Å². The second-order valence-electron chi connectivity index (χ2n) is 4.11. The van der Waals surface area contributed by atoms with Gasteiger partial charge in [0.1, 0.15) is 5.58 Å². The van der Waals surface area contributed by atoms with Crippen LogP contribution in [-0.4, -0.2) is 0 Å². The van der Waals surface area contributed by atoms with Crippen molar-refractivity contribution >= 4 is 16.7 Å². The summed E-state index contributed by atoms with van der Waals surface area (Å²) in [5, 5.41) is 0.864. The van der Waals surface area contributed by atoms with Crippen LogP contribution in [0.4, 0.5) is 5.69 Å². The molecule has 2 aromatic carbocycles. The van der Waals surface area contributed by atoms with Crippen LogP contribution in [0.15, 0.2) is 63.8 Å². The van der Waals surface area contributed by atoms with E-state index in [2.05, 4.69) is 0 Å². The molecule has 3 nitrogen and oxygen atoms in total. The van der Waals surface area contributed by atoms with Crippen LogP contribution < -0.4 is 11.4 Å². The SMILES string of the molecule is Nc1ccc2cc(-c3ccccc3)c(=O)oc2c1. The standard InChI is InChI=1S/C15H11NO2/c16-12-7-6-11-8-13(10-4-2-1-3-5-10)15(17)18-14(11)9-12/h1-9H,16H2. The van der Waals surface area contributed by atoms with Crippen LogP contribution in [0.2, 0.25) is 0 Å². The highest BCUT2D eigenvalue weighted by atomic mass is 16.4. The number of nitrogens with two attached hydrogens (primary N) is 1. The van der Waals surface area contributed by atoms with Crippen molar-refractivity contribution in [2.75, 3.05) is 5.73 Å². The van der Waals surface area contributed by atoms with E-state index in [1.165, 1.54) is 0 Å². The normalized spacial score (nSPS) is 10.7. The maximum atomic E-state index is 11.9. The molecule has 2 N–H and O–H groups in total. The molecule has 0 unspecified atom stereocenters. The fraction of sp³-hybridized carbons (Fsp3) is 0. The van der Waals surface area contributed by atoms with Gasteiger partial charge < -0.3 is 10.2 Å². The third-order valence-electron chi connectivity index (χ3n) is 2.84. The number of anilines is 1. The van der Waals surface area contributed by atoms with Crippen LogP contribution >= 0.6 is 0 Å². The molecule has 3 rings (SSSR count). The van der Waals surface area contributed by atoms with Crippen molar-refractivity contribution in [3.63, 3.8) is 0 Å². The molecule has 0 spiro atoms. The maximum absolute atomic E-state index is 11.9. The molecule has 0 aliphatic carbocycles. The Labute approximate surface area is 103 Å². The van der Waals surface area contributed by atoms with Crippen molar-refractivity contribution in [3.05, 3.63) is 65.0 Å². The van der Waals surface area contributed by atoms with Gasteiger partial charge in [-0.1, -0.05) is 30.3 Å². The van der Waals surface area contributed by atoms with Crippen molar-refractivity contribution in [1.82, 2.24) is 0 Å². The largest absolute Gasteiger partial charge is 0.422 e. The summed E-state index contributed by atoms with van der Waals surface area (Å²) >= 11 is 0. The number of nitrogen functional groups attached to an aromatic ring is 1. The molecule has 0 saturated heterocycles. The van der Waals surface area contributed by atoms with Crippen LogP contribution in [-0.2, 0) is 0 Å². The van der Waals surface area contributed by atoms with Crippen molar-refractivity contribution in [1.29, 1.82) is 0 Å². The Kier molecular flexibility index (Phi) is 2.38. The number of hydrogen-bond donors (Lipinski definition) is 1. The minimum atomic E-state index is -0.348. The van der Waals surface area contributed by atoms with Gasteiger partial charge in [0.25, 0.3) is 0 Å².